The highest BCUT2D eigenvalue weighted by Crippen LogP contribution is 2.29. The third kappa shape index (κ3) is 4.23. The summed E-state index contributed by atoms with van der Waals surface area (Å²) in [5.41, 5.74) is 8.03. The van der Waals surface area contributed by atoms with Crippen LogP contribution in [0.5, 0.6) is 11.5 Å². The van der Waals surface area contributed by atoms with Gasteiger partial charge in [-0.2, -0.15) is 5.10 Å². The molecule has 2 N–H and O–H groups in total. The van der Waals surface area contributed by atoms with Crippen molar-refractivity contribution in [3.8, 4) is 11.5 Å². The van der Waals surface area contributed by atoms with Crippen LogP contribution in [-0.4, -0.2) is 22.9 Å². The van der Waals surface area contributed by atoms with Crippen LogP contribution in [0.4, 0.5) is 0 Å². The van der Waals surface area contributed by atoms with Crippen molar-refractivity contribution in [2.24, 2.45) is 5.73 Å². The van der Waals surface area contributed by atoms with Crippen molar-refractivity contribution in [1.29, 1.82) is 0 Å². The van der Waals surface area contributed by atoms with Crippen LogP contribution in [0.25, 0.3) is 0 Å². The van der Waals surface area contributed by atoms with Gasteiger partial charge >= 0.3 is 0 Å². The van der Waals surface area contributed by atoms with Gasteiger partial charge in [-0.25, -0.2) is 0 Å². The summed E-state index contributed by atoms with van der Waals surface area (Å²) in [7, 11) is 1.64. The topological polar surface area (TPSA) is 62.3 Å². The summed E-state index contributed by atoms with van der Waals surface area (Å²) in [5.74, 6) is 1.46. The van der Waals surface area contributed by atoms with Crippen molar-refractivity contribution in [2.45, 2.75) is 39.5 Å². The molecule has 0 bridgehead atoms. The first-order valence-electron chi connectivity index (χ1n) is 7.19. The average Bonchev–Trinajstić information content (AvgIpc) is 2.92. The fourth-order valence-corrected chi connectivity index (χ4v) is 2.15. The molecule has 0 aliphatic carbocycles. The zero-order valence-corrected chi connectivity index (χ0v) is 12.9. The number of methoxy groups -OCH3 is 1. The lowest BCUT2D eigenvalue weighted by molar-refractivity contribution is 0.284. The maximum Gasteiger partial charge on any atom is 0.161 e. The van der Waals surface area contributed by atoms with E-state index in [9.17, 15) is 0 Å². The van der Waals surface area contributed by atoms with Gasteiger partial charge in [0.25, 0.3) is 0 Å². The minimum Gasteiger partial charge on any atom is -0.493 e. The predicted molar refractivity (Wildman–Crippen MR) is 82.6 cm³/mol. The Bertz CT molecular complexity index is 579. The van der Waals surface area contributed by atoms with Gasteiger partial charge in [0.1, 0.15) is 6.61 Å². The van der Waals surface area contributed by atoms with E-state index >= 15 is 0 Å². The van der Waals surface area contributed by atoms with E-state index in [1.54, 1.807) is 7.11 Å². The van der Waals surface area contributed by atoms with E-state index in [1.807, 2.05) is 42.2 Å². The minimum atomic E-state index is 0.119. The molecule has 0 spiro atoms. The van der Waals surface area contributed by atoms with Gasteiger partial charge in [0, 0.05) is 24.3 Å². The van der Waals surface area contributed by atoms with E-state index in [0.29, 0.717) is 6.61 Å². The fourth-order valence-electron chi connectivity index (χ4n) is 2.15. The lowest BCUT2D eigenvalue weighted by Crippen LogP contribution is -2.17. The molecule has 1 aromatic heterocycles. The van der Waals surface area contributed by atoms with Gasteiger partial charge in [0.05, 0.1) is 13.3 Å². The van der Waals surface area contributed by atoms with Crippen LogP contribution in [0.2, 0.25) is 0 Å². The number of rotatable bonds is 7. The Labute approximate surface area is 125 Å². The Morgan fingerprint density at radius 3 is 2.71 bits per heavy atom. The fraction of sp³-hybridized carbons (Fsp3) is 0.438. The molecular formula is C16H23N3O2. The van der Waals surface area contributed by atoms with E-state index in [4.69, 9.17) is 15.2 Å². The number of aryl methyl sites for hydroxylation is 1. The number of nitrogens with two attached hydrogens (primary N) is 1. The normalized spacial score (nSPS) is 12.2. The first-order valence-corrected chi connectivity index (χ1v) is 7.19. The van der Waals surface area contributed by atoms with E-state index < -0.39 is 0 Å². The van der Waals surface area contributed by atoms with Crippen LogP contribution in [-0.2, 0) is 19.6 Å². The molecule has 0 saturated heterocycles. The molecule has 1 aromatic carbocycles. The van der Waals surface area contributed by atoms with Crippen LogP contribution in [0.15, 0.2) is 30.6 Å². The summed E-state index contributed by atoms with van der Waals surface area (Å²) in [6, 6.07) is 6.05. The van der Waals surface area contributed by atoms with Crippen molar-refractivity contribution in [1.82, 2.24) is 9.78 Å². The molecule has 2 aromatic rings. The second-order valence-electron chi connectivity index (χ2n) is 5.16. The molecule has 0 aliphatic rings. The lowest BCUT2D eigenvalue weighted by Gasteiger charge is -2.13. The van der Waals surface area contributed by atoms with Crippen molar-refractivity contribution >= 4 is 0 Å². The molecule has 0 aliphatic heterocycles. The SMILES string of the molecule is CCn1cc(COc2cc(CC(C)N)ccc2OC)cn1. The summed E-state index contributed by atoms with van der Waals surface area (Å²) in [6.45, 7) is 5.37. The molecule has 0 fully saturated rings. The molecule has 114 valence electrons. The Morgan fingerprint density at radius 1 is 1.29 bits per heavy atom. The lowest BCUT2D eigenvalue weighted by atomic mass is 10.1. The van der Waals surface area contributed by atoms with Crippen molar-refractivity contribution in [3.05, 3.63) is 41.7 Å². The van der Waals surface area contributed by atoms with Crippen LogP contribution in [0.3, 0.4) is 0 Å². The van der Waals surface area contributed by atoms with Crippen LogP contribution in [0, 0.1) is 0 Å². The molecule has 2 rings (SSSR count). The molecule has 0 saturated carbocycles. The zero-order chi connectivity index (χ0) is 15.2. The van der Waals surface area contributed by atoms with Crippen LogP contribution < -0.4 is 15.2 Å². The van der Waals surface area contributed by atoms with E-state index in [2.05, 4.69) is 12.0 Å². The molecule has 1 heterocycles. The average molecular weight is 289 g/mol. The number of nitrogens with zero attached hydrogens (tertiary/aromatic N) is 2. The summed E-state index contributed by atoms with van der Waals surface area (Å²) in [6.07, 6.45) is 4.62. The Hall–Kier alpha value is -2.01. The highest BCUT2D eigenvalue weighted by molar-refractivity contribution is 5.43. The first-order chi connectivity index (χ1) is 10.1. The van der Waals surface area contributed by atoms with Gasteiger partial charge in [0.2, 0.25) is 0 Å². The molecule has 21 heavy (non-hydrogen) atoms. The van der Waals surface area contributed by atoms with Crippen molar-refractivity contribution in [3.63, 3.8) is 0 Å². The number of hydrogen-bond acceptors (Lipinski definition) is 4. The Kier molecular flexibility index (Phi) is 5.22. The monoisotopic (exact) mass is 289 g/mol. The summed E-state index contributed by atoms with van der Waals surface area (Å²) in [4.78, 5) is 0. The Morgan fingerprint density at radius 2 is 2.10 bits per heavy atom. The van der Waals surface area contributed by atoms with Gasteiger partial charge in [0.15, 0.2) is 11.5 Å². The smallest absolute Gasteiger partial charge is 0.161 e. The Balaban J connectivity index is 2.09. The second kappa shape index (κ2) is 7.13. The highest BCUT2D eigenvalue weighted by Gasteiger charge is 2.08. The molecule has 1 atom stereocenters. The van der Waals surface area contributed by atoms with E-state index in [1.165, 1.54) is 0 Å². The van der Waals surface area contributed by atoms with Gasteiger partial charge in [-0.3, -0.25) is 4.68 Å². The molecule has 5 heteroatoms. The zero-order valence-electron chi connectivity index (χ0n) is 12.9. The van der Waals surface area contributed by atoms with Crippen molar-refractivity contribution in [2.75, 3.05) is 7.11 Å². The summed E-state index contributed by atoms with van der Waals surface area (Å²) < 4.78 is 13.1. The molecule has 0 radical (unpaired) electrons. The van der Waals surface area contributed by atoms with Crippen LogP contribution in [0.1, 0.15) is 25.0 Å². The van der Waals surface area contributed by atoms with Gasteiger partial charge in [-0.15, -0.1) is 0 Å². The molecule has 5 nitrogen and oxygen atoms in total. The van der Waals surface area contributed by atoms with Crippen LogP contribution >= 0.6 is 0 Å². The van der Waals surface area contributed by atoms with Gasteiger partial charge in [-0.05, 0) is 38.0 Å². The van der Waals surface area contributed by atoms with E-state index in [0.717, 1.165) is 35.6 Å². The number of ether oxygens (including phenoxy) is 2. The quantitative estimate of drug-likeness (QED) is 0.850. The highest BCUT2D eigenvalue weighted by atomic mass is 16.5. The maximum atomic E-state index is 5.88. The predicted octanol–water partition coefficient (Wildman–Crippen LogP) is 2.38. The van der Waals surface area contributed by atoms with Crippen molar-refractivity contribution < 1.29 is 9.47 Å². The molecule has 1 unspecified atom stereocenters. The van der Waals surface area contributed by atoms with E-state index in [-0.39, 0.29) is 6.04 Å². The summed E-state index contributed by atoms with van der Waals surface area (Å²) >= 11 is 0. The standard InChI is InChI=1S/C16H23N3O2/c1-4-19-10-14(9-18-19)11-21-16-8-13(7-12(2)17)5-6-15(16)20-3/h5-6,8-10,12H,4,7,11,17H2,1-3H3. The van der Waals surface area contributed by atoms with Gasteiger partial charge < -0.3 is 15.2 Å². The molecular weight excluding hydrogens is 266 g/mol. The van der Waals surface area contributed by atoms with Gasteiger partial charge in [-0.1, -0.05) is 6.07 Å². The third-order valence-corrected chi connectivity index (χ3v) is 3.19. The second-order valence-corrected chi connectivity index (χ2v) is 5.16. The maximum absolute atomic E-state index is 5.88. The number of benzene rings is 1. The summed E-state index contributed by atoms with van der Waals surface area (Å²) in [5, 5.41) is 4.24. The first kappa shape index (κ1) is 15.4. The molecule has 0 amide bonds. The third-order valence-electron chi connectivity index (χ3n) is 3.19. The number of aromatic nitrogens is 2. The minimum absolute atomic E-state index is 0.119. The largest absolute Gasteiger partial charge is 0.493 e. The number of hydrogen-bond donors (Lipinski definition) is 1.